The first-order valence-electron chi connectivity index (χ1n) is 5.59. The zero-order valence-corrected chi connectivity index (χ0v) is 11.2. The van der Waals surface area contributed by atoms with Gasteiger partial charge in [-0.3, -0.25) is 4.72 Å². The molecule has 1 N–H and O–H groups in total. The fraction of sp³-hybridized carbons (Fsp3) is 0. The number of aromatic carboxylic acids is 1. The third-order valence-corrected chi connectivity index (χ3v) is 3.96. The maximum absolute atomic E-state index is 13.4. The number of carboxylic acid groups (broad SMARTS) is 1. The summed E-state index contributed by atoms with van der Waals surface area (Å²) < 4.78 is 52.1. The molecule has 21 heavy (non-hydrogen) atoms. The summed E-state index contributed by atoms with van der Waals surface area (Å²) >= 11 is 0. The third-order valence-electron chi connectivity index (χ3n) is 2.58. The molecule has 110 valence electrons. The van der Waals surface area contributed by atoms with Gasteiger partial charge in [-0.2, -0.15) is 0 Å². The normalized spacial score (nSPS) is 11.1. The van der Waals surface area contributed by atoms with Gasteiger partial charge in [-0.25, -0.2) is 17.2 Å². The molecule has 0 aliphatic rings. The number of carbonyl (C=O) groups excluding carboxylic acids is 1. The molecule has 0 amide bonds. The van der Waals surface area contributed by atoms with E-state index in [1.54, 1.807) is 0 Å². The second-order valence-corrected chi connectivity index (χ2v) is 5.72. The van der Waals surface area contributed by atoms with Gasteiger partial charge in [0.25, 0.3) is 10.0 Å². The van der Waals surface area contributed by atoms with Crippen LogP contribution in [0.15, 0.2) is 47.4 Å². The first kappa shape index (κ1) is 14.9. The Bertz CT molecular complexity index is 788. The highest BCUT2D eigenvalue weighted by molar-refractivity contribution is 7.92. The van der Waals surface area contributed by atoms with E-state index in [9.17, 15) is 27.1 Å². The van der Waals surface area contributed by atoms with Crippen molar-refractivity contribution < 1.29 is 27.1 Å². The van der Waals surface area contributed by atoms with E-state index in [0.29, 0.717) is 6.07 Å². The molecule has 0 saturated heterocycles. The number of carbonyl (C=O) groups is 1. The Hall–Kier alpha value is -2.48. The van der Waals surface area contributed by atoms with Crippen molar-refractivity contribution >= 4 is 21.7 Å². The number of hydrogen-bond donors (Lipinski definition) is 1. The van der Waals surface area contributed by atoms with Crippen LogP contribution in [0.4, 0.5) is 14.5 Å². The van der Waals surface area contributed by atoms with Crippen LogP contribution in [0.25, 0.3) is 0 Å². The lowest BCUT2D eigenvalue weighted by atomic mass is 10.2. The Balaban J connectivity index is 2.31. The second-order valence-electron chi connectivity index (χ2n) is 4.04. The van der Waals surface area contributed by atoms with Crippen molar-refractivity contribution in [3.05, 3.63) is 59.7 Å². The molecule has 0 spiro atoms. The molecular weight excluding hydrogens is 304 g/mol. The summed E-state index contributed by atoms with van der Waals surface area (Å²) in [5.41, 5.74) is -0.609. The zero-order chi connectivity index (χ0) is 15.6. The van der Waals surface area contributed by atoms with Crippen LogP contribution >= 0.6 is 0 Å². The minimum atomic E-state index is -4.12. The molecule has 0 heterocycles. The molecule has 2 aromatic rings. The molecule has 0 radical (unpaired) electrons. The van der Waals surface area contributed by atoms with Gasteiger partial charge in [0.2, 0.25) is 0 Å². The van der Waals surface area contributed by atoms with E-state index < -0.39 is 33.3 Å². The van der Waals surface area contributed by atoms with Crippen molar-refractivity contribution in [3.8, 4) is 0 Å². The van der Waals surface area contributed by atoms with Crippen LogP contribution in [0.1, 0.15) is 10.4 Å². The highest BCUT2D eigenvalue weighted by atomic mass is 32.2. The van der Waals surface area contributed by atoms with E-state index in [0.717, 1.165) is 36.4 Å². The number of nitrogens with one attached hydrogen (secondary N) is 1. The second kappa shape index (κ2) is 5.49. The van der Waals surface area contributed by atoms with Gasteiger partial charge >= 0.3 is 0 Å². The molecule has 0 aliphatic carbocycles. The van der Waals surface area contributed by atoms with Crippen molar-refractivity contribution in [2.24, 2.45) is 0 Å². The number of rotatable bonds is 4. The van der Waals surface area contributed by atoms with Gasteiger partial charge in [-0.15, -0.1) is 0 Å². The molecule has 0 saturated carbocycles. The molecule has 0 unspecified atom stereocenters. The molecule has 0 fully saturated rings. The van der Waals surface area contributed by atoms with Crippen LogP contribution in [0.3, 0.4) is 0 Å². The van der Waals surface area contributed by atoms with E-state index in [1.165, 1.54) is 0 Å². The monoisotopic (exact) mass is 312 g/mol. The molecular formula is C13H8F2NO4S-. The maximum Gasteiger partial charge on any atom is 0.261 e. The fourth-order valence-electron chi connectivity index (χ4n) is 1.55. The molecule has 0 aromatic heterocycles. The number of hydrogen-bond acceptors (Lipinski definition) is 4. The molecule has 0 aliphatic heterocycles. The molecule has 5 nitrogen and oxygen atoms in total. The van der Waals surface area contributed by atoms with Gasteiger partial charge in [-0.05, 0) is 29.8 Å². The first-order chi connectivity index (χ1) is 9.79. The molecule has 0 atom stereocenters. The van der Waals surface area contributed by atoms with Crippen LogP contribution in [-0.4, -0.2) is 14.4 Å². The largest absolute Gasteiger partial charge is 0.545 e. The molecule has 8 heteroatoms. The minimum absolute atomic E-state index is 0.193. The molecule has 0 bridgehead atoms. The summed E-state index contributed by atoms with van der Waals surface area (Å²) in [6.45, 7) is 0. The van der Waals surface area contributed by atoms with Crippen molar-refractivity contribution in [3.63, 3.8) is 0 Å². The summed E-state index contributed by atoms with van der Waals surface area (Å²) in [6.07, 6.45) is 0. The van der Waals surface area contributed by atoms with Crippen LogP contribution in [0, 0.1) is 11.6 Å². The quantitative estimate of drug-likeness (QED) is 0.917. The van der Waals surface area contributed by atoms with Crippen molar-refractivity contribution in [2.75, 3.05) is 4.72 Å². The number of sulfonamides is 1. The lowest BCUT2D eigenvalue weighted by Gasteiger charge is -2.10. The Morgan fingerprint density at radius 2 is 1.67 bits per heavy atom. The molecule has 2 rings (SSSR count). The summed E-state index contributed by atoms with van der Waals surface area (Å²) in [6, 6.07) is 6.55. The van der Waals surface area contributed by atoms with E-state index in [2.05, 4.69) is 0 Å². The SMILES string of the molecule is O=C([O-])c1ccc(S(=O)(=O)Nc2ccc(F)cc2F)cc1. The van der Waals surface area contributed by atoms with E-state index >= 15 is 0 Å². The highest BCUT2D eigenvalue weighted by Crippen LogP contribution is 2.20. The van der Waals surface area contributed by atoms with Gasteiger partial charge in [0.15, 0.2) is 0 Å². The highest BCUT2D eigenvalue weighted by Gasteiger charge is 2.16. The maximum atomic E-state index is 13.4. The van der Waals surface area contributed by atoms with Gasteiger partial charge in [0.05, 0.1) is 16.6 Å². The standard InChI is InChI=1S/C13H9F2NO4S/c14-9-3-6-12(11(15)7-9)16-21(19,20)10-4-1-8(2-5-10)13(17)18/h1-7,16H,(H,17,18)/p-1. The average molecular weight is 312 g/mol. The Kier molecular flexibility index (Phi) is 3.90. The minimum Gasteiger partial charge on any atom is -0.545 e. The third kappa shape index (κ3) is 3.34. The van der Waals surface area contributed by atoms with Crippen LogP contribution in [0.5, 0.6) is 0 Å². The van der Waals surface area contributed by atoms with E-state index in [-0.39, 0.29) is 10.5 Å². The van der Waals surface area contributed by atoms with Crippen LogP contribution in [0.2, 0.25) is 0 Å². The van der Waals surface area contributed by atoms with Crippen molar-refractivity contribution in [1.29, 1.82) is 0 Å². The average Bonchev–Trinajstić information content (AvgIpc) is 2.42. The fourth-order valence-corrected chi connectivity index (χ4v) is 2.61. The predicted octanol–water partition coefficient (Wildman–Crippen LogP) is 1.13. The number of halogens is 2. The summed E-state index contributed by atoms with van der Waals surface area (Å²) in [4.78, 5) is 10.3. The summed E-state index contributed by atoms with van der Waals surface area (Å²) in [5, 5.41) is 10.6. The smallest absolute Gasteiger partial charge is 0.261 e. The van der Waals surface area contributed by atoms with E-state index in [4.69, 9.17) is 0 Å². The molecule has 2 aromatic carbocycles. The van der Waals surface area contributed by atoms with Crippen LogP contribution < -0.4 is 9.83 Å². The summed E-state index contributed by atoms with van der Waals surface area (Å²) in [7, 11) is -4.12. The first-order valence-corrected chi connectivity index (χ1v) is 7.07. The number of carboxylic acids is 1. The van der Waals surface area contributed by atoms with Crippen molar-refractivity contribution in [2.45, 2.75) is 4.90 Å². The number of anilines is 1. The predicted molar refractivity (Wildman–Crippen MR) is 67.9 cm³/mol. The van der Waals surface area contributed by atoms with Gasteiger partial charge in [-0.1, -0.05) is 12.1 Å². The lowest BCUT2D eigenvalue weighted by Crippen LogP contribution is -2.22. The Morgan fingerprint density at radius 3 is 2.19 bits per heavy atom. The van der Waals surface area contributed by atoms with Gasteiger partial charge in [0.1, 0.15) is 11.6 Å². The Labute approximate surface area is 118 Å². The van der Waals surface area contributed by atoms with Gasteiger partial charge in [0, 0.05) is 6.07 Å². The van der Waals surface area contributed by atoms with Crippen LogP contribution in [-0.2, 0) is 10.0 Å². The number of benzene rings is 2. The lowest BCUT2D eigenvalue weighted by molar-refractivity contribution is -0.255. The topological polar surface area (TPSA) is 86.3 Å². The zero-order valence-electron chi connectivity index (χ0n) is 10.3. The summed E-state index contributed by atoms with van der Waals surface area (Å²) in [5.74, 6) is -3.35. The van der Waals surface area contributed by atoms with E-state index in [1.807, 2.05) is 4.72 Å². The Morgan fingerprint density at radius 1 is 1.05 bits per heavy atom. The van der Waals surface area contributed by atoms with Crippen molar-refractivity contribution in [1.82, 2.24) is 0 Å². The van der Waals surface area contributed by atoms with Gasteiger partial charge < -0.3 is 9.90 Å².